The molecule has 1 amide bonds. The number of thioether (sulfide) groups is 1. The summed E-state index contributed by atoms with van der Waals surface area (Å²) in [7, 11) is 0. The van der Waals surface area contributed by atoms with Gasteiger partial charge in [-0.15, -0.1) is 0 Å². The maximum Gasteiger partial charge on any atom is 0.225 e. The lowest BCUT2D eigenvalue weighted by Gasteiger charge is -2.41. The number of hydrogen-bond acceptors (Lipinski definition) is 4. The first-order valence-electron chi connectivity index (χ1n) is 9.45. The summed E-state index contributed by atoms with van der Waals surface area (Å²) in [6.07, 6.45) is 4.98. The van der Waals surface area contributed by atoms with Gasteiger partial charge < -0.3 is 14.8 Å². The van der Waals surface area contributed by atoms with Crippen LogP contribution in [0.5, 0.6) is 0 Å². The molecule has 4 rings (SSSR count). The molecule has 6 heteroatoms. The van der Waals surface area contributed by atoms with Crippen molar-refractivity contribution in [2.24, 2.45) is 23.7 Å². The smallest absolute Gasteiger partial charge is 0.225 e. The van der Waals surface area contributed by atoms with Crippen molar-refractivity contribution in [2.45, 2.75) is 56.1 Å². The Labute approximate surface area is 147 Å². The van der Waals surface area contributed by atoms with Crippen LogP contribution in [0, 0.1) is 23.7 Å². The summed E-state index contributed by atoms with van der Waals surface area (Å²) in [5.41, 5.74) is 0. The minimum Gasteiger partial charge on any atom is -0.355 e. The Bertz CT molecular complexity index is 466. The molecule has 24 heavy (non-hydrogen) atoms. The lowest BCUT2D eigenvalue weighted by Crippen LogP contribution is -2.51. The van der Waals surface area contributed by atoms with Crippen molar-refractivity contribution in [1.82, 2.24) is 5.32 Å². The number of ether oxygens (including phenoxy) is 2. The number of carbonyl (C=O) groups is 1. The van der Waals surface area contributed by atoms with Gasteiger partial charge in [-0.05, 0) is 43.3 Å². The highest BCUT2D eigenvalue weighted by Gasteiger charge is 2.45. The Kier molecular flexibility index (Phi) is 5.35. The largest absolute Gasteiger partial charge is 0.355 e. The Morgan fingerprint density at radius 3 is 3.04 bits per heavy atom. The van der Waals surface area contributed by atoms with Gasteiger partial charge in [0.25, 0.3) is 0 Å². The van der Waals surface area contributed by atoms with E-state index in [0.717, 1.165) is 23.5 Å². The van der Waals surface area contributed by atoms with E-state index in [1.807, 2.05) is 0 Å². The second-order valence-electron chi connectivity index (χ2n) is 7.88. The third-order valence-corrected chi connectivity index (χ3v) is 8.00. The first kappa shape index (κ1) is 17.1. The van der Waals surface area contributed by atoms with Gasteiger partial charge in [-0.1, -0.05) is 12.8 Å². The first-order chi connectivity index (χ1) is 11.7. The lowest BCUT2D eigenvalue weighted by atomic mass is 9.77. The summed E-state index contributed by atoms with van der Waals surface area (Å²) in [5.74, 6) is 2.14. The summed E-state index contributed by atoms with van der Waals surface area (Å²) < 4.78 is 25.0. The van der Waals surface area contributed by atoms with Crippen molar-refractivity contribution in [2.75, 3.05) is 25.7 Å². The standard InChI is InChI=1S/C18H28FNO3S/c19-13-5-11-8-22-10-23-17(11)15(6-13)18(21)20-7-12-9-24-16-4-2-1-3-14(12)16/h11-17H,1-10H2,(H,20,21). The molecule has 136 valence electrons. The molecule has 2 aliphatic carbocycles. The first-order valence-corrected chi connectivity index (χ1v) is 10.5. The zero-order chi connectivity index (χ0) is 16.5. The molecule has 2 aliphatic heterocycles. The molecule has 4 fully saturated rings. The lowest BCUT2D eigenvalue weighted by molar-refractivity contribution is -0.204. The Morgan fingerprint density at radius 1 is 1.25 bits per heavy atom. The maximum absolute atomic E-state index is 14.0. The topological polar surface area (TPSA) is 47.6 Å². The van der Waals surface area contributed by atoms with Crippen LogP contribution in [-0.2, 0) is 14.3 Å². The van der Waals surface area contributed by atoms with Gasteiger partial charge in [0.1, 0.15) is 13.0 Å². The van der Waals surface area contributed by atoms with E-state index in [4.69, 9.17) is 9.47 Å². The minimum absolute atomic E-state index is 0.0153. The normalized spacial score (nSPS) is 45.3. The number of fused-ring (bicyclic) bond motifs is 2. The van der Waals surface area contributed by atoms with Crippen LogP contribution in [0.2, 0.25) is 0 Å². The van der Waals surface area contributed by atoms with Crippen molar-refractivity contribution >= 4 is 17.7 Å². The quantitative estimate of drug-likeness (QED) is 0.844. The van der Waals surface area contributed by atoms with E-state index in [-0.39, 0.29) is 30.6 Å². The molecule has 0 aromatic carbocycles. The van der Waals surface area contributed by atoms with Crippen LogP contribution in [0.1, 0.15) is 38.5 Å². The van der Waals surface area contributed by atoms with Crippen LogP contribution in [0.3, 0.4) is 0 Å². The van der Waals surface area contributed by atoms with Gasteiger partial charge >= 0.3 is 0 Å². The second kappa shape index (κ2) is 7.50. The van der Waals surface area contributed by atoms with E-state index in [9.17, 15) is 9.18 Å². The third kappa shape index (κ3) is 3.47. The Hall–Kier alpha value is -0.330. The second-order valence-corrected chi connectivity index (χ2v) is 9.15. The van der Waals surface area contributed by atoms with Crippen molar-refractivity contribution in [3.63, 3.8) is 0 Å². The van der Waals surface area contributed by atoms with Crippen molar-refractivity contribution in [3.05, 3.63) is 0 Å². The number of carbonyl (C=O) groups excluding carboxylic acids is 1. The van der Waals surface area contributed by atoms with Gasteiger partial charge in [-0.2, -0.15) is 11.8 Å². The molecule has 1 N–H and O–H groups in total. The molecular formula is C18H28FNO3S. The molecule has 4 nitrogen and oxygen atoms in total. The average Bonchev–Trinajstić information content (AvgIpc) is 3.02. The van der Waals surface area contributed by atoms with E-state index in [1.165, 1.54) is 25.7 Å². The van der Waals surface area contributed by atoms with Crippen molar-refractivity contribution < 1.29 is 18.7 Å². The number of halogens is 1. The summed E-state index contributed by atoms with van der Waals surface area (Å²) >= 11 is 2.09. The van der Waals surface area contributed by atoms with Crippen LogP contribution < -0.4 is 5.32 Å². The molecular weight excluding hydrogens is 329 g/mol. The highest BCUT2D eigenvalue weighted by atomic mass is 32.2. The number of amides is 1. The molecule has 0 bridgehead atoms. The molecule has 2 heterocycles. The van der Waals surface area contributed by atoms with Crippen LogP contribution in [0.4, 0.5) is 4.39 Å². The van der Waals surface area contributed by atoms with E-state index >= 15 is 0 Å². The van der Waals surface area contributed by atoms with Crippen LogP contribution in [-0.4, -0.2) is 49.1 Å². The van der Waals surface area contributed by atoms with E-state index in [0.29, 0.717) is 25.4 Å². The van der Waals surface area contributed by atoms with Gasteiger partial charge in [0.15, 0.2) is 0 Å². The summed E-state index contributed by atoms with van der Waals surface area (Å²) in [4.78, 5) is 12.7. The van der Waals surface area contributed by atoms with E-state index < -0.39 is 6.17 Å². The zero-order valence-electron chi connectivity index (χ0n) is 14.1. The van der Waals surface area contributed by atoms with E-state index in [1.54, 1.807) is 0 Å². The van der Waals surface area contributed by atoms with Crippen LogP contribution in [0.25, 0.3) is 0 Å². The number of nitrogens with one attached hydrogen (secondary N) is 1. The molecule has 2 saturated carbocycles. The fourth-order valence-electron chi connectivity index (χ4n) is 5.11. The zero-order valence-corrected chi connectivity index (χ0v) is 14.9. The van der Waals surface area contributed by atoms with Crippen molar-refractivity contribution in [3.8, 4) is 0 Å². The van der Waals surface area contributed by atoms with Crippen LogP contribution >= 0.6 is 11.8 Å². The SMILES string of the molecule is O=C(NCC1CSC2CCCCC12)C1CC(F)CC2COCOC21. The molecule has 4 aliphatic rings. The fourth-order valence-corrected chi connectivity index (χ4v) is 6.91. The predicted molar refractivity (Wildman–Crippen MR) is 91.5 cm³/mol. The van der Waals surface area contributed by atoms with Gasteiger partial charge in [-0.25, -0.2) is 4.39 Å². The van der Waals surface area contributed by atoms with Gasteiger partial charge in [0.05, 0.1) is 18.6 Å². The fraction of sp³-hybridized carbons (Fsp3) is 0.944. The Morgan fingerprint density at radius 2 is 2.12 bits per heavy atom. The molecule has 0 radical (unpaired) electrons. The predicted octanol–water partition coefficient (Wildman–Crippen LogP) is 2.76. The summed E-state index contributed by atoms with van der Waals surface area (Å²) in [6, 6.07) is 0. The third-order valence-electron chi connectivity index (χ3n) is 6.36. The van der Waals surface area contributed by atoms with E-state index in [2.05, 4.69) is 17.1 Å². The number of hydrogen-bond donors (Lipinski definition) is 1. The number of rotatable bonds is 3. The van der Waals surface area contributed by atoms with Crippen molar-refractivity contribution in [1.29, 1.82) is 0 Å². The molecule has 2 saturated heterocycles. The molecule has 0 aromatic rings. The maximum atomic E-state index is 14.0. The average molecular weight is 357 g/mol. The van der Waals surface area contributed by atoms with Crippen LogP contribution in [0.15, 0.2) is 0 Å². The van der Waals surface area contributed by atoms with Gasteiger partial charge in [-0.3, -0.25) is 4.79 Å². The van der Waals surface area contributed by atoms with Gasteiger partial charge in [0, 0.05) is 17.7 Å². The summed E-state index contributed by atoms with van der Waals surface area (Å²) in [5, 5.41) is 3.94. The van der Waals surface area contributed by atoms with Gasteiger partial charge in [0.2, 0.25) is 5.91 Å². The minimum atomic E-state index is -0.919. The molecule has 0 spiro atoms. The highest BCUT2D eigenvalue weighted by molar-refractivity contribution is 8.00. The Balaban J connectivity index is 1.33. The molecule has 7 atom stereocenters. The number of alkyl halides is 1. The monoisotopic (exact) mass is 357 g/mol. The summed E-state index contributed by atoms with van der Waals surface area (Å²) in [6.45, 7) is 1.48. The molecule has 7 unspecified atom stereocenters. The highest BCUT2D eigenvalue weighted by Crippen LogP contribution is 2.45. The molecule has 0 aromatic heterocycles.